The summed E-state index contributed by atoms with van der Waals surface area (Å²) in [5.41, 5.74) is 2.17. The minimum atomic E-state index is 0.113. The molecule has 4 heteroatoms. The number of nitrogens with zero attached hydrogens (tertiary/aromatic N) is 3. The average Bonchev–Trinajstić information content (AvgIpc) is 2.81. The highest BCUT2D eigenvalue weighted by atomic mass is 15.3. The third kappa shape index (κ3) is 2.71. The molecular weight excluding hydrogens is 212 g/mol. The Bertz CT molecular complexity index is 449. The van der Waals surface area contributed by atoms with E-state index in [2.05, 4.69) is 28.5 Å². The van der Waals surface area contributed by atoms with Crippen molar-refractivity contribution < 1.29 is 0 Å². The molecule has 2 aromatic heterocycles. The van der Waals surface area contributed by atoms with Gasteiger partial charge in [0.05, 0.1) is 17.9 Å². The molecule has 2 aromatic rings. The molecule has 2 heterocycles. The topological polar surface area (TPSA) is 42.7 Å². The van der Waals surface area contributed by atoms with E-state index < -0.39 is 0 Å². The van der Waals surface area contributed by atoms with Gasteiger partial charge in [-0.05, 0) is 25.6 Å². The van der Waals surface area contributed by atoms with Gasteiger partial charge in [0.2, 0.25) is 0 Å². The molecule has 0 aliphatic heterocycles. The van der Waals surface area contributed by atoms with Crippen LogP contribution in [0.25, 0.3) is 0 Å². The Morgan fingerprint density at radius 3 is 2.94 bits per heavy atom. The number of hydrogen-bond donors (Lipinski definition) is 1. The van der Waals surface area contributed by atoms with Gasteiger partial charge in [-0.2, -0.15) is 5.10 Å². The largest absolute Gasteiger partial charge is 0.308 e. The summed E-state index contributed by atoms with van der Waals surface area (Å²) in [7, 11) is 1.94. The summed E-state index contributed by atoms with van der Waals surface area (Å²) in [6.45, 7) is 3.11. The van der Waals surface area contributed by atoms with Crippen LogP contribution in [0.4, 0.5) is 0 Å². The quantitative estimate of drug-likeness (QED) is 0.854. The highest BCUT2D eigenvalue weighted by Gasteiger charge is 2.14. The van der Waals surface area contributed by atoms with Crippen LogP contribution in [0.1, 0.15) is 30.6 Å². The van der Waals surface area contributed by atoms with Crippen LogP contribution >= 0.6 is 0 Å². The van der Waals surface area contributed by atoms with E-state index >= 15 is 0 Å². The van der Waals surface area contributed by atoms with Crippen molar-refractivity contribution in [3.8, 4) is 0 Å². The van der Waals surface area contributed by atoms with E-state index in [0.717, 1.165) is 24.2 Å². The molecule has 0 spiro atoms. The first kappa shape index (κ1) is 11.8. The maximum atomic E-state index is 4.38. The summed E-state index contributed by atoms with van der Waals surface area (Å²) in [5, 5.41) is 7.62. The zero-order valence-corrected chi connectivity index (χ0v) is 10.3. The molecule has 0 bridgehead atoms. The van der Waals surface area contributed by atoms with E-state index in [-0.39, 0.29) is 6.04 Å². The summed E-state index contributed by atoms with van der Waals surface area (Å²) >= 11 is 0. The lowest BCUT2D eigenvalue weighted by Gasteiger charge is -2.13. The molecule has 0 radical (unpaired) electrons. The van der Waals surface area contributed by atoms with Gasteiger partial charge in [-0.25, -0.2) is 0 Å². The Hall–Kier alpha value is -1.68. The zero-order valence-electron chi connectivity index (χ0n) is 10.3. The fourth-order valence-corrected chi connectivity index (χ4v) is 1.91. The molecule has 17 heavy (non-hydrogen) atoms. The van der Waals surface area contributed by atoms with E-state index in [4.69, 9.17) is 0 Å². The van der Waals surface area contributed by atoms with Crippen LogP contribution in [0.5, 0.6) is 0 Å². The van der Waals surface area contributed by atoms with Gasteiger partial charge in [0.25, 0.3) is 0 Å². The zero-order chi connectivity index (χ0) is 12.1. The molecule has 90 valence electrons. The number of nitrogens with one attached hydrogen (secondary N) is 1. The molecule has 0 amide bonds. The molecule has 0 aromatic carbocycles. The number of pyridine rings is 1. The van der Waals surface area contributed by atoms with Gasteiger partial charge in [0.15, 0.2) is 0 Å². The molecule has 1 atom stereocenters. The van der Waals surface area contributed by atoms with E-state index in [1.165, 1.54) is 0 Å². The second kappa shape index (κ2) is 5.59. The van der Waals surface area contributed by atoms with Crippen LogP contribution < -0.4 is 5.32 Å². The molecule has 2 rings (SSSR count). The SMILES string of the molecule is CCCn1cc(C(NC)c2ccccn2)cn1. The molecule has 4 nitrogen and oxygen atoms in total. The number of rotatable bonds is 5. The monoisotopic (exact) mass is 230 g/mol. The molecular formula is C13H18N4. The van der Waals surface area contributed by atoms with Gasteiger partial charge >= 0.3 is 0 Å². The summed E-state index contributed by atoms with van der Waals surface area (Å²) in [6.07, 6.45) is 6.90. The minimum Gasteiger partial charge on any atom is -0.308 e. The van der Waals surface area contributed by atoms with E-state index in [9.17, 15) is 0 Å². The standard InChI is InChI=1S/C13H18N4/c1-3-8-17-10-11(9-16-17)13(14-2)12-6-4-5-7-15-12/h4-7,9-10,13-14H,3,8H2,1-2H3. The molecule has 1 N–H and O–H groups in total. The van der Waals surface area contributed by atoms with Gasteiger partial charge in [-0.1, -0.05) is 13.0 Å². The number of hydrogen-bond acceptors (Lipinski definition) is 3. The Morgan fingerprint density at radius 1 is 1.41 bits per heavy atom. The fourth-order valence-electron chi connectivity index (χ4n) is 1.91. The smallest absolute Gasteiger partial charge is 0.0779 e. The Labute approximate surface area is 102 Å². The van der Waals surface area contributed by atoms with E-state index in [1.807, 2.05) is 42.3 Å². The maximum absolute atomic E-state index is 4.38. The van der Waals surface area contributed by atoms with Crippen LogP contribution in [0.3, 0.4) is 0 Å². The second-order valence-corrected chi connectivity index (χ2v) is 4.01. The fraction of sp³-hybridized carbons (Fsp3) is 0.385. The van der Waals surface area contributed by atoms with Gasteiger partial charge in [0, 0.05) is 24.5 Å². The summed E-state index contributed by atoms with van der Waals surface area (Å²) in [4.78, 5) is 4.38. The Morgan fingerprint density at radius 2 is 2.29 bits per heavy atom. The van der Waals surface area contributed by atoms with Crippen LogP contribution in [0.15, 0.2) is 36.8 Å². The molecule has 0 aliphatic rings. The van der Waals surface area contributed by atoms with Crippen LogP contribution in [-0.2, 0) is 6.54 Å². The predicted octanol–water partition coefficient (Wildman–Crippen LogP) is 2.00. The first-order valence-corrected chi connectivity index (χ1v) is 5.95. The second-order valence-electron chi connectivity index (χ2n) is 4.01. The van der Waals surface area contributed by atoms with Crippen molar-refractivity contribution in [3.05, 3.63) is 48.0 Å². The highest BCUT2D eigenvalue weighted by molar-refractivity contribution is 5.23. The van der Waals surface area contributed by atoms with Crippen molar-refractivity contribution in [2.45, 2.75) is 25.9 Å². The number of aryl methyl sites for hydroxylation is 1. The molecule has 0 saturated carbocycles. The predicted molar refractivity (Wildman–Crippen MR) is 67.7 cm³/mol. The summed E-state index contributed by atoms with van der Waals surface area (Å²) in [6, 6.07) is 6.07. The summed E-state index contributed by atoms with van der Waals surface area (Å²) < 4.78 is 1.97. The first-order chi connectivity index (χ1) is 8.35. The van der Waals surface area contributed by atoms with Gasteiger partial charge in [-0.15, -0.1) is 0 Å². The number of aromatic nitrogens is 3. The molecule has 0 saturated heterocycles. The first-order valence-electron chi connectivity index (χ1n) is 5.95. The van der Waals surface area contributed by atoms with Crippen LogP contribution in [-0.4, -0.2) is 21.8 Å². The van der Waals surface area contributed by atoms with E-state index in [0.29, 0.717) is 0 Å². The maximum Gasteiger partial charge on any atom is 0.0779 e. The minimum absolute atomic E-state index is 0.113. The van der Waals surface area contributed by atoms with Gasteiger partial charge in [-0.3, -0.25) is 9.67 Å². The lowest BCUT2D eigenvalue weighted by molar-refractivity contribution is 0.600. The van der Waals surface area contributed by atoms with E-state index in [1.54, 1.807) is 0 Å². The third-order valence-electron chi connectivity index (χ3n) is 2.71. The highest BCUT2D eigenvalue weighted by Crippen LogP contribution is 2.18. The normalized spacial score (nSPS) is 12.6. The van der Waals surface area contributed by atoms with Crippen molar-refractivity contribution >= 4 is 0 Å². The van der Waals surface area contributed by atoms with Crippen molar-refractivity contribution in [2.75, 3.05) is 7.05 Å². The Balaban J connectivity index is 2.23. The van der Waals surface area contributed by atoms with Crippen molar-refractivity contribution in [1.29, 1.82) is 0 Å². The van der Waals surface area contributed by atoms with Crippen LogP contribution in [0, 0.1) is 0 Å². The molecule has 0 fully saturated rings. The van der Waals surface area contributed by atoms with Crippen molar-refractivity contribution in [2.24, 2.45) is 0 Å². The van der Waals surface area contributed by atoms with Gasteiger partial charge < -0.3 is 5.32 Å². The van der Waals surface area contributed by atoms with Crippen molar-refractivity contribution in [3.63, 3.8) is 0 Å². The van der Waals surface area contributed by atoms with Crippen molar-refractivity contribution in [1.82, 2.24) is 20.1 Å². The molecule has 1 unspecified atom stereocenters. The molecule has 0 aliphatic carbocycles. The van der Waals surface area contributed by atoms with Gasteiger partial charge in [0.1, 0.15) is 0 Å². The average molecular weight is 230 g/mol. The lowest BCUT2D eigenvalue weighted by Crippen LogP contribution is -2.18. The Kier molecular flexibility index (Phi) is 3.88. The lowest BCUT2D eigenvalue weighted by atomic mass is 10.1. The summed E-state index contributed by atoms with van der Waals surface area (Å²) in [5.74, 6) is 0. The third-order valence-corrected chi connectivity index (χ3v) is 2.71. The van der Waals surface area contributed by atoms with Crippen LogP contribution in [0.2, 0.25) is 0 Å².